The molecule has 4 heterocycles. The van der Waals surface area contributed by atoms with E-state index in [0.717, 1.165) is 61.7 Å². The number of benzene rings is 9. The van der Waals surface area contributed by atoms with Crippen LogP contribution >= 0.6 is 11.8 Å². The van der Waals surface area contributed by atoms with E-state index in [-0.39, 0.29) is 0 Å². The molecule has 3 aliphatic rings. The Kier molecular flexibility index (Phi) is 9.31. The van der Waals surface area contributed by atoms with Crippen LogP contribution in [-0.4, -0.2) is 24.9 Å². The molecule has 0 radical (unpaired) electrons. The van der Waals surface area contributed by atoms with Gasteiger partial charge in [0.2, 0.25) is 0 Å². The maximum atomic E-state index is 5.35. The Bertz CT molecular complexity index is 4130. The Morgan fingerprint density at radius 2 is 1.01 bits per heavy atom. The molecule has 0 saturated carbocycles. The van der Waals surface area contributed by atoms with E-state index in [0.29, 0.717) is 17.5 Å². The number of fused-ring (bicyclic) bond motifs is 14. The van der Waals surface area contributed by atoms with Crippen LogP contribution in [0.1, 0.15) is 22.3 Å². The number of aromatic nitrogens is 5. The van der Waals surface area contributed by atoms with Crippen LogP contribution in [0.15, 0.2) is 253 Å². The lowest BCUT2D eigenvalue weighted by molar-refractivity contribution is 0.788. The minimum absolute atomic E-state index is 0.606. The van der Waals surface area contributed by atoms with Gasteiger partial charge in [0.1, 0.15) is 0 Å². The zero-order valence-electron chi connectivity index (χ0n) is 39.2. The summed E-state index contributed by atoms with van der Waals surface area (Å²) in [6, 6.07) is 82.2. The van der Waals surface area contributed by atoms with Crippen molar-refractivity contribution in [2.75, 3.05) is 4.90 Å². The number of pyridine rings is 2. The highest BCUT2D eigenvalue weighted by molar-refractivity contribution is 8.00. The van der Waals surface area contributed by atoms with Crippen molar-refractivity contribution in [3.05, 3.63) is 265 Å². The third kappa shape index (κ3) is 6.35. The second kappa shape index (κ2) is 16.4. The van der Waals surface area contributed by atoms with Gasteiger partial charge in [0, 0.05) is 61.3 Å². The van der Waals surface area contributed by atoms with E-state index in [1.807, 2.05) is 84.8 Å². The standard InChI is InChI=1S/C66H40N6S/c1-3-17-43(18-4-1)63-69-64(44-19-5-2-6-20-44)71-65(70-63)46-23-13-22-45(38-46)47-39-55-61(68-40-47)60-54(28-15-37-67-60)66(55)52-27-10-9-25-51(52)59-53(66)35-36-57-62(59)73-58-30-12-11-29-56(58)72(57)48-33-31-42(32-34-48)50-26-14-21-41-16-7-8-24-49(41)50/h1-40H. The Hall–Kier alpha value is -9.30. The summed E-state index contributed by atoms with van der Waals surface area (Å²) in [6.07, 6.45) is 3.89. The predicted molar refractivity (Wildman–Crippen MR) is 295 cm³/mol. The van der Waals surface area contributed by atoms with Crippen molar-refractivity contribution in [3.63, 3.8) is 0 Å². The zero-order chi connectivity index (χ0) is 48.0. The van der Waals surface area contributed by atoms with E-state index in [1.54, 1.807) is 0 Å². The topological polar surface area (TPSA) is 67.7 Å². The second-order valence-corrected chi connectivity index (χ2v) is 19.8. The summed E-state index contributed by atoms with van der Waals surface area (Å²) >= 11 is 1.87. The molecule has 73 heavy (non-hydrogen) atoms. The zero-order valence-corrected chi connectivity index (χ0v) is 40.0. The summed E-state index contributed by atoms with van der Waals surface area (Å²) < 4.78 is 0. The number of hydrogen-bond donors (Lipinski definition) is 0. The summed E-state index contributed by atoms with van der Waals surface area (Å²) in [6.45, 7) is 0. The van der Waals surface area contributed by atoms with Crippen LogP contribution < -0.4 is 4.90 Å². The van der Waals surface area contributed by atoms with E-state index < -0.39 is 5.41 Å². The quantitative estimate of drug-likeness (QED) is 0.164. The Labute approximate surface area is 426 Å². The molecule has 2 aliphatic carbocycles. The molecular weight excluding hydrogens is 909 g/mol. The monoisotopic (exact) mass is 948 g/mol. The molecule has 0 amide bonds. The summed E-state index contributed by atoms with van der Waals surface area (Å²) in [5, 5.41) is 2.49. The number of para-hydroxylation sites is 1. The van der Waals surface area contributed by atoms with E-state index in [1.165, 1.54) is 59.6 Å². The van der Waals surface area contributed by atoms with Gasteiger partial charge in [0.05, 0.1) is 28.2 Å². The molecular formula is C66H40N6S. The van der Waals surface area contributed by atoms with E-state index in [2.05, 4.69) is 175 Å². The van der Waals surface area contributed by atoms with E-state index in [9.17, 15) is 0 Å². The highest BCUT2D eigenvalue weighted by Crippen LogP contribution is 2.66. The smallest absolute Gasteiger partial charge is 0.164 e. The van der Waals surface area contributed by atoms with E-state index in [4.69, 9.17) is 24.9 Å². The number of nitrogens with zero attached hydrogens (tertiary/aromatic N) is 6. The molecule has 1 atom stereocenters. The van der Waals surface area contributed by atoms with Crippen molar-refractivity contribution in [1.82, 2.24) is 24.9 Å². The molecule has 7 heteroatoms. The van der Waals surface area contributed by atoms with Gasteiger partial charge < -0.3 is 4.90 Å². The summed E-state index contributed by atoms with van der Waals surface area (Å²) in [4.78, 5) is 30.5. The van der Waals surface area contributed by atoms with Crippen LogP contribution in [0.2, 0.25) is 0 Å². The van der Waals surface area contributed by atoms with E-state index >= 15 is 0 Å². The number of anilines is 3. The lowest BCUT2D eigenvalue weighted by Gasteiger charge is -2.35. The average Bonchev–Trinajstić information content (AvgIpc) is 3.99. The second-order valence-electron chi connectivity index (χ2n) is 18.7. The molecule has 12 aromatic rings. The van der Waals surface area contributed by atoms with Gasteiger partial charge in [-0.3, -0.25) is 9.97 Å². The molecule has 0 fully saturated rings. The molecule has 0 saturated heterocycles. The largest absolute Gasteiger partial charge is 0.308 e. The summed E-state index contributed by atoms with van der Waals surface area (Å²) in [7, 11) is 0. The van der Waals surface area contributed by atoms with Gasteiger partial charge in [0.15, 0.2) is 17.5 Å². The first-order valence-corrected chi connectivity index (χ1v) is 25.4. The normalized spacial score (nSPS) is 14.5. The van der Waals surface area contributed by atoms with Crippen molar-refractivity contribution in [2.45, 2.75) is 15.2 Å². The van der Waals surface area contributed by atoms with Gasteiger partial charge in [0.25, 0.3) is 0 Å². The lowest BCUT2D eigenvalue weighted by Crippen LogP contribution is -2.26. The molecule has 15 rings (SSSR count). The molecule has 1 unspecified atom stereocenters. The first kappa shape index (κ1) is 41.5. The van der Waals surface area contributed by atoms with Gasteiger partial charge in [-0.2, -0.15) is 0 Å². The minimum Gasteiger partial charge on any atom is -0.308 e. The predicted octanol–water partition coefficient (Wildman–Crippen LogP) is 16.4. The van der Waals surface area contributed by atoms with Crippen molar-refractivity contribution < 1.29 is 0 Å². The van der Waals surface area contributed by atoms with Gasteiger partial charge in [-0.05, 0) is 98.2 Å². The molecule has 9 aromatic carbocycles. The molecule has 0 bridgehead atoms. The SMILES string of the molecule is c1ccc(-c2nc(-c3ccccc3)nc(-c3cccc(-c4cnc5c(c4)C4(c6ccccc6-c6c4ccc4c6Sc6ccccc6N4c4ccc(-c6cccc7ccccc67)cc4)c4cccnc4-5)c3)n2)cc1. The molecule has 1 aliphatic heterocycles. The molecule has 0 N–H and O–H groups in total. The molecule has 6 nitrogen and oxygen atoms in total. The fourth-order valence-corrected chi connectivity index (χ4v) is 12.8. The first-order chi connectivity index (χ1) is 36.2. The van der Waals surface area contributed by atoms with Crippen LogP contribution in [0, 0.1) is 0 Å². The summed E-state index contributed by atoms with van der Waals surface area (Å²) in [5.41, 5.74) is 19.0. The van der Waals surface area contributed by atoms with Gasteiger partial charge in [-0.1, -0.05) is 194 Å². The van der Waals surface area contributed by atoms with Gasteiger partial charge >= 0.3 is 0 Å². The first-order valence-electron chi connectivity index (χ1n) is 24.6. The van der Waals surface area contributed by atoms with Crippen LogP contribution in [0.4, 0.5) is 17.1 Å². The Morgan fingerprint density at radius 1 is 0.384 bits per heavy atom. The minimum atomic E-state index is -0.674. The number of hydrogen-bond acceptors (Lipinski definition) is 7. The Morgan fingerprint density at radius 3 is 1.84 bits per heavy atom. The van der Waals surface area contributed by atoms with Crippen LogP contribution in [0.5, 0.6) is 0 Å². The highest BCUT2D eigenvalue weighted by atomic mass is 32.2. The maximum Gasteiger partial charge on any atom is 0.164 e. The molecule has 340 valence electrons. The van der Waals surface area contributed by atoms with Gasteiger partial charge in [-0.25, -0.2) is 15.0 Å². The average molecular weight is 949 g/mol. The van der Waals surface area contributed by atoms with Gasteiger partial charge in [-0.15, -0.1) is 0 Å². The molecule has 3 aromatic heterocycles. The van der Waals surface area contributed by atoms with Crippen molar-refractivity contribution in [2.24, 2.45) is 0 Å². The maximum absolute atomic E-state index is 5.35. The van der Waals surface area contributed by atoms with Crippen LogP contribution in [-0.2, 0) is 5.41 Å². The van der Waals surface area contributed by atoms with Crippen LogP contribution in [0.3, 0.4) is 0 Å². The fourth-order valence-electron chi connectivity index (χ4n) is 11.6. The van der Waals surface area contributed by atoms with Crippen molar-refractivity contribution in [1.29, 1.82) is 0 Å². The Balaban J connectivity index is 0.885. The third-order valence-electron chi connectivity index (χ3n) is 14.8. The molecule has 1 spiro atoms. The third-order valence-corrected chi connectivity index (χ3v) is 16.0. The fraction of sp³-hybridized carbons (Fsp3) is 0.0152. The van der Waals surface area contributed by atoms with Crippen molar-refractivity contribution >= 4 is 39.6 Å². The van der Waals surface area contributed by atoms with Crippen LogP contribution in [0.25, 0.3) is 89.7 Å². The summed E-state index contributed by atoms with van der Waals surface area (Å²) in [5.74, 6) is 1.86. The van der Waals surface area contributed by atoms with Crippen molar-refractivity contribution in [3.8, 4) is 78.9 Å². The number of rotatable bonds is 6. The highest BCUT2D eigenvalue weighted by Gasteiger charge is 2.54. The lowest BCUT2D eigenvalue weighted by atomic mass is 9.70.